The minimum absolute atomic E-state index is 0.000819. The maximum atomic E-state index is 12.5. The van der Waals surface area contributed by atoms with Crippen LogP contribution in [0.1, 0.15) is 28.9 Å². The Kier molecular flexibility index (Phi) is 5.37. The number of anilines is 1. The van der Waals surface area contributed by atoms with Crippen LogP contribution in [0.5, 0.6) is 0 Å². The summed E-state index contributed by atoms with van der Waals surface area (Å²) in [6, 6.07) is 4.24. The summed E-state index contributed by atoms with van der Waals surface area (Å²) in [7, 11) is -7.16. The Balaban J connectivity index is 2.21. The normalized spacial score (nSPS) is 15.3. The molecule has 9 nitrogen and oxygen atoms in total. The summed E-state index contributed by atoms with van der Waals surface area (Å²) >= 11 is 0. The molecule has 0 bridgehead atoms. The number of rotatable bonds is 6. The van der Waals surface area contributed by atoms with Crippen LogP contribution in [0.3, 0.4) is 0 Å². The second kappa shape index (κ2) is 7.40. The Labute approximate surface area is 173 Å². The van der Waals surface area contributed by atoms with Gasteiger partial charge in [0, 0.05) is 41.6 Å². The summed E-state index contributed by atoms with van der Waals surface area (Å²) < 4.78 is 48.3. The van der Waals surface area contributed by atoms with Crippen LogP contribution in [0.15, 0.2) is 28.0 Å². The molecule has 2 heterocycles. The third-order valence-corrected chi connectivity index (χ3v) is 7.12. The van der Waals surface area contributed by atoms with Gasteiger partial charge in [-0.25, -0.2) is 16.8 Å². The van der Waals surface area contributed by atoms with Crippen molar-refractivity contribution in [3.8, 4) is 0 Å². The number of hydrogen-bond donors (Lipinski definition) is 3. The number of benzene rings is 1. The van der Waals surface area contributed by atoms with Crippen molar-refractivity contribution in [1.29, 1.82) is 0 Å². The van der Waals surface area contributed by atoms with E-state index in [0.717, 1.165) is 12.5 Å². The van der Waals surface area contributed by atoms with Gasteiger partial charge in [-0.2, -0.15) is 0 Å². The van der Waals surface area contributed by atoms with Crippen LogP contribution in [0.2, 0.25) is 0 Å². The van der Waals surface area contributed by atoms with Crippen molar-refractivity contribution < 1.29 is 31.5 Å². The molecule has 30 heavy (non-hydrogen) atoms. The molecule has 0 atom stereocenters. The lowest BCUT2D eigenvalue weighted by Crippen LogP contribution is -2.06. The molecular weight excluding hydrogens is 432 g/mol. The third kappa shape index (κ3) is 4.17. The number of carbonyl (C=O) groups is 2. The molecule has 0 radical (unpaired) electrons. The molecule has 3 rings (SSSR count). The maximum Gasteiger partial charge on any atom is 0.303 e. The lowest BCUT2D eigenvalue weighted by Gasteiger charge is -2.05. The average molecular weight is 453 g/mol. The van der Waals surface area contributed by atoms with Crippen molar-refractivity contribution in [2.24, 2.45) is 0 Å². The van der Waals surface area contributed by atoms with E-state index < -0.39 is 31.6 Å². The van der Waals surface area contributed by atoms with Crippen LogP contribution in [-0.2, 0) is 35.7 Å². The van der Waals surface area contributed by atoms with Gasteiger partial charge >= 0.3 is 5.97 Å². The summed E-state index contributed by atoms with van der Waals surface area (Å²) in [6.45, 7) is 1.55. The van der Waals surface area contributed by atoms with Gasteiger partial charge in [-0.15, -0.1) is 0 Å². The van der Waals surface area contributed by atoms with E-state index >= 15 is 0 Å². The van der Waals surface area contributed by atoms with E-state index in [4.69, 9.17) is 5.11 Å². The fourth-order valence-corrected chi connectivity index (χ4v) is 5.39. The fraction of sp³-hybridized carbons (Fsp3) is 0.263. The topological polar surface area (TPSA) is 150 Å². The Morgan fingerprint density at radius 3 is 2.37 bits per heavy atom. The zero-order valence-corrected chi connectivity index (χ0v) is 18.1. The first-order valence-corrected chi connectivity index (χ1v) is 12.6. The maximum absolute atomic E-state index is 12.5. The summed E-state index contributed by atoms with van der Waals surface area (Å²) in [4.78, 5) is 26.5. The van der Waals surface area contributed by atoms with E-state index in [1.165, 1.54) is 24.3 Å². The Hall–Kier alpha value is -2.92. The number of aromatic amines is 1. The van der Waals surface area contributed by atoms with E-state index in [-0.39, 0.29) is 39.5 Å². The summed E-state index contributed by atoms with van der Waals surface area (Å²) in [5.41, 5.74) is 1.82. The smallest absolute Gasteiger partial charge is 0.303 e. The predicted octanol–water partition coefficient (Wildman–Crippen LogP) is 1.64. The molecule has 1 aromatic heterocycles. The number of fused-ring (bicyclic) bond motifs is 1. The van der Waals surface area contributed by atoms with Crippen molar-refractivity contribution >= 4 is 48.9 Å². The lowest BCUT2D eigenvalue weighted by molar-refractivity contribution is -0.137. The van der Waals surface area contributed by atoms with Gasteiger partial charge in [-0.3, -0.25) is 9.59 Å². The Bertz CT molecular complexity index is 1320. The van der Waals surface area contributed by atoms with Crippen molar-refractivity contribution in [3.63, 3.8) is 0 Å². The van der Waals surface area contributed by atoms with Gasteiger partial charge in [0.15, 0.2) is 19.7 Å². The highest BCUT2D eigenvalue weighted by Crippen LogP contribution is 2.36. The zero-order valence-electron chi connectivity index (χ0n) is 16.4. The van der Waals surface area contributed by atoms with Gasteiger partial charge in [-0.05, 0) is 43.2 Å². The molecule has 1 amide bonds. The van der Waals surface area contributed by atoms with Crippen LogP contribution in [0, 0.1) is 6.92 Å². The average Bonchev–Trinajstić information content (AvgIpc) is 3.08. The Morgan fingerprint density at radius 1 is 1.13 bits per heavy atom. The van der Waals surface area contributed by atoms with E-state index in [1.54, 1.807) is 6.92 Å². The number of amides is 1. The molecule has 2 aromatic rings. The molecule has 11 heteroatoms. The highest BCUT2D eigenvalue weighted by molar-refractivity contribution is 7.91. The van der Waals surface area contributed by atoms with Crippen molar-refractivity contribution in [1.82, 2.24) is 4.98 Å². The molecule has 160 valence electrons. The van der Waals surface area contributed by atoms with E-state index in [0.29, 0.717) is 16.9 Å². The first kappa shape index (κ1) is 21.8. The predicted molar refractivity (Wildman–Crippen MR) is 111 cm³/mol. The minimum atomic E-state index is -3.66. The van der Waals surface area contributed by atoms with Gasteiger partial charge < -0.3 is 15.4 Å². The molecule has 0 saturated heterocycles. The van der Waals surface area contributed by atoms with Crippen molar-refractivity contribution in [2.45, 2.75) is 29.6 Å². The second-order valence-electron chi connectivity index (χ2n) is 7.13. The number of aliphatic carboxylic acids is 1. The number of H-pyrrole nitrogens is 1. The molecule has 1 aliphatic heterocycles. The van der Waals surface area contributed by atoms with Gasteiger partial charge in [0.2, 0.25) is 0 Å². The second-order valence-corrected chi connectivity index (χ2v) is 11.1. The standard InChI is InChI=1S/C19H20N2O7S2/c1-10-18(30(3,27)28)12(5-7-17(22)23)16(20-10)9-14-13-8-11(29(2,25)26)4-6-15(13)21-19(14)24/h4,6,8-9,20H,5,7H2,1-3H3,(H,21,24)(H,22,23)/b14-9-. The first-order chi connectivity index (χ1) is 13.8. The highest BCUT2D eigenvalue weighted by atomic mass is 32.2. The van der Waals surface area contributed by atoms with Gasteiger partial charge in [0.05, 0.1) is 15.4 Å². The number of sulfone groups is 2. The number of carbonyl (C=O) groups excluding carboxylic acids is 1. The Morgan fingerprint density at radius 2 is 1.80 bits per heavy atom. The molecule has 1 aliphatic rings. The number of aromatic nitrogens is 1. The molecule has 0 fully saturated rings. The number of carboxylic acid groups (broad SMARTS) is 1. The van der Waals surface area contributed by atoms with Gasteiger partial charge in [-0.1, -0.05) is 0 Å². The van der Waals surface area contributed by atoms with E-state index in [9.17, 15) is 26.4 Å². The number of hydrogen-bond acceptors (Lipinski definition) is 6. The molecule has 0 spiro atoms. The first-order valence-electron chi connectivity index (χ1n) is 8.80. The number of aryl methyl sites for hydroxylation is 1. The number of nitrogens with one attached hydrogen (secondary N) is 2. The molecule has 1 aromatic carbocycles. The van der Waals surface area contributed by atoms with Gasteiger partial charge in [0.25, 0.3) is 5.91 Å². The summed E-state index contributed by atoms with van der Waals surface area (Å²) in [5, 5.41) is 11.7. The lowest BCUT2D eigenvalue weighted by atomic mass is 10.0. The largest absolute Gasteiger partial charge is 0.481 e. The molecule has 0 saturated carbocycles. The quantitative estimate of drug-likeness (QED) is 0.564. The summed E-state index contributed by atoms with van der Waals surface area (Å²) in [5.74, 6) is -1.57. The van der Waals surface area contributed by atoms with E-state index in [2.05, 4.69) is 10.3 Å². The van der Waals surface area contributed by atoms with Crippen LogP contribution in [-0.4, -0.2) is 51.3 Å². The van der Waals surface area contributed by atoms with Crippen LogP contribution >= 0.6 is 0 Å². The molecular formula is C19H20N2O7S2. The van der Waals surface area contributed by atoms with Crippen LogP contribution in [0.25, 0.3) is 11.6 Å². The molecule has 0 aliphatic carbocycles. The molecule has 0 unspecified atom stereocenters. The zero-order chi connectivity index (χ0) is 22.4. The van der Waals surface area contributed by atoms with Crippen LogP contribution < -0.4 is 5.32 Å². The fourth-order valence-electron chi connectivity index (χ4n) is 3.47. The van der Waals surface area contributed by atoms with Crippen LogP contribution in [0.4, 0.5) is 5.69 Å². The SMILES string of the molecule is Cc1[nH]c(/C=C2\C(=O)Nc3ccc(S(C)(=O)=O)cc32)c(CCC(=O)O)c1S(C)(=O)=O. The molecule has 3 N–H and O–H groups in total. The van der Waals surface area contributed by atoms with Gasteiger partial charge in [0.1, 0.15) is 0 Å². The van der Waals surface area contributed by atoms with Crippen molar-refractivity contribution in [3.05, 3.63) is 40.7 Å². The minimum Gasteiger partial charge on any atom is -0.481 e. The monoisotopic (exact) mass is 452 g/mol. The summed E-state index contributed by atoms with van der Waals surface area (Å²) in [6.07, 6.45) is 3.15. The number of carboxylic acids is 1. The third-order valence-electron chi connectivity index (χ3n) is 4.71. The van der Waals surface area contributed by atoms with E-state index in [1.807, 2.05) is 0 Å². The highest BCUT2D eigenvalue weighted by Gasteiger charge is 2.28. The van der Waals surface area contributed by atoms with Crippen molar-refractivity contribution in [2.75, 3.05) is 17.8 Å².